The van der Waals surface area contributed by atoms with Gasteiger partial charge in [-0.1, -0.05) is 20.8 Å². The van der Waals surface area contributed by atoms with Crippen LogP contribution in [0.1, 0.15) is 43.7 Å². The smallest absolute Gasteiger partial charge is 0.320 e. The van der Waals surface area contributed by atoms with Crippen LogP contribution in [0, 0.1) is 0 Å². The van der Waals surface area contributed by atoms with Gasteiger partial charge in [0, 0.05) is 59.7 Å². The zero-order valence-corrected chi connectivity index (χ0v) is 19.1. The summed E-state index contributed by atoms with van der Waals surface area (Å²) in [5, 5.41) is 10.9. The van der Waals surface area contributed by atoms with Crippen molar-refractivity contribution in [3.05, 3.63) is 47.4 Å². The summed E-state index contributed by atoms with van der Waals surface area (Å²) in [5.41, 5.74) is 3.65. The summed E-state index contributed by atoms with van der Waals surface area (Å²) in [5.74, 6) is 0.190. The number of amides is 3. The van der Waals surface area contributed by atoms with Gasteiger partial charge >= 0.3 is 6.03 Å². The van der Waals surface area contributed by atoms with E-state index in [2.05, 4.69) is 46.7 Å². The van der Waals surface area contributed by atoms with Crippen LogP contribution in [0.4, 0.5) is 10.6 Å². The van der Waals surface area contributed by atoms with Gasteiger partial charge in [0.2, 0.25) is 0 Å². The molecule has 3 heterocycles. The van der Waals surface area contributed by atoms with E-state index in [1.54, 1.807) is 31.6 Å². The van der Waals surface area contributed by atoms with Gasteiger partial charge in [0.15, 0.2) is 0 Å². The molecule has 0 aliphatic rings. The van der Waals surface area contributed by atoms with Gasteiger partial charge in [-0.05, 0) is 19.1 Å². The van der Waals surface area contributed by atoms with Crippen molar-refractivity contribution >= 4 is 29.1 Å². The highest BCUT2D eigenvalue weighted by molar-refractivity contribution is 7.13. The van der Waals surface area contributed by atoms with Gasteiger partial charge in [0.1, 0.15) is 10.8 Å². The van der Waals surface area contributed by atoms with Gasteiger partial charge < -0.3 is 10.6 Å². The van der Waals surface area contributed by atoms with Crippen LogP contribution in [0.2, 0.25) is 0 Å². The summed E-state index contributed by atoms with van der Waals surface area (Å²) < 4.78 is 0. The molecule has 9 heteroatoms. The molecule has 3 aromatic rings. The van der Waals surface area contributed by atoms with Crippen LogP contribution in [0.3, 0.4) is 0 Å². The summed E-state index contributed by atoms with van der Waals surface area (Å²) in [7, 11) is 1.58. The molecule has 0 saturated heterocycles. The van der Waals surface area contributed by atoms with Crippen molar-refractivity contribution in [3.63, 3.8) is 0 Å². The highest BCUT2D eigenvalue weighted by atomic mass is 32.1. The molecule has 31 heavy (non-hydrogen) atoms. The normalized spacial score (nSPS) is 11.1. The number of carbonyl (C=O) groups excluding carboxylic acids is 2. The first-order valence-corrected chi connectivity index (χ1v) is 10.8. The number of rotatable bonds is 5. The van der Waals surface area contributed by atoms with E-state index in [0.717, 1.165) is 27.4 Å². The van der Waals surface area contributed by atoms with Crippen LogP contribution >= 0.6 is 11.3 Å². The Kier molecular flexibility index (Phi) is 6.65. The van der Waals surface area contributed by atoms with Crippen molar-refractivity contribution in [3.8, 4) is 21.7 Å². The molecule has 0 aromatic carbocycles. The van der Waals surface area contributed by atoms with Crippen molar-refractivity contribution < 1.29 is 9.59 Å². The number of nitrogens with one attached hydrogen (secondary N) is 3. The fourth-order valence-electron chi connectivity index (χ4n) is 2.85. The summed E-state index contributed by atoms with van der Waals surface area (Å²) >= 11 is 1.52. The molecule has 0 saturated carbocycles. The first-order chi connectivity index (χ1) is 14.7. The standard InChI is InChI=1S/C22H26N6O2S/c1-6-25-21(30)28-18-8-15(20-27-17(12-31-20)22(2,3)4)16(11-26-18)13-7-14(10-24-9-13)19(29)23-5/h7-12H,6H2,1-5H3,(H,23,29)(H2,25,26,28,30). The summed E-state index contributed by atoms with van der Waals surface area (Å²) in [6.45, 7) is 8.68. The molecule has 0 unspecified atom stereocenters. The van der Waals surface area contributed by atoms with Crippen LogP contribution in [0.25, 0.3) is 21.7 Å². The second-order valence-corrected chi connectivity index (χ2v) is 8.79. The Balaban J connectivity index is 2.11. The Bertz CT molecular complexity index is 1100. The van der Waals surface area contributed by atoms with E-state index >= 15 is 0 Å². The molecule has 0 radical (unpaired) electrons. The lowest BCUT2D eigenvalue weighted by Crippen LogP contribution is -2.28. The number of pyridine rings is 2. The van der Waals surface area contributed by atoms with Crippen LogP contribution in [-0.4, -0.2) is 40.5 Å². The number of carbonyl (C=O) groups is 2. The number of aromatic nitrogens is 3. The maximum Gasteiger partial charge on any atom is 0.320 e. The largest absolute Gasteiger partial charge is 0.355 e. The van der Waals surface area contributed by atoms with E-state index in [0.29, 0.717) is 17.9 Å². The Morgan fingerprint density at radius 2 is 1.87 bits per heavy atom. The minimum atomic E-state index is -0.327. The average molecular weight is 439 g/mol. The highest BCUT2D eigenvalue weighted by Crippen LogP contribution is 2.37. The third-order valence-electron chi connectivity index (χ3n) is 4.52. The first-order valence-electron chi connectivity index (χ1n) is 9.91. The fraction of sp³-hybridized carbons (Fsp3) is 0.318. The van der Waals surface area contributed by atoms with Crippen molar-refractivity contribution in [2.24, 2.45) is 0 Å². The lowest BCUT2D eigenvalue weighted by atomic mass is 9.93. The van der Waals surface area contributed by atoms with E-state index in [1.165, 1.54) is 17.5 Å². The van der Waals surface area contributed by atoms with Gasteiger partial charge in [-0.3, -0.25) is 15.1 Å². The van der Waals surface area contributed by atoms with Gasteiger partial charge in [0.25, 0.3) is 5.91 Å². The lowest BCUT2D eigenvalue weighted by molar-refractivity contribution is 0.0962. The molecule has 162 valence electrons. The molecule has 0 bridgehead atoms. The van der Waals surface area contributed by atoms with E-state index in [9.17, 15) is 9.59 Å². The van der Waals surface area contributed by atoms with Crippen LogP contribution in [-0.2, 0) is 5.41 Å². The molecular formula is C22H26N6O2S. The molecule has 0 fully saturated rings. The molecule has 0 spiro atoms. The lowest BCUT2D eigenvalue weighted by Gasteiger charge is -2.15. The molecule has 8 nitrogen and oxygen atoms in total. The van der Waals surface area contributed by atoms with Crippen LogP contribution in [0.5, 0.6) is 0 Å². The van der Waals surface area contributed by atoms with Crippen molar-refractivity contribution in [1.82, 2.24) is 25.6 Å². The average Bonchev–Trinajstić information content (AvgIpc) is 3.24. The Morgan fingerprint density at radius 3 is 2.52 bits per heavy atom. The number of thiazole rings is 1. The third-order valence-corrected chi connectivity index (χ3v) is 5.40. The molecule has 0 atom stereocenters. The van der Waals surface area contributed by atoms with E-state index in [1.807, 2.05) is 12.3 Å². The number of anilines is 1. The topological polar surface area (TPSA) is 109 Å². The maximum absolute atomic E-state index is 12.1. The van der Waals surface area contributed by atoms with Gasteiger partial charge in [-0.15, -0.1) is 11.3 Å². The molecule has 3 rings (SSSR count). The molecule has 3 N–H and O–H groups in total. The van der Waals surface area contributed by atoms with Gasteiger partial charge in [-0.25, -0.2) is 14.8 Å². The Labute approximate surface area is 185 Å². The first kappa shape index (κ1) is 22.4. The van der Waals surface area contributed by atoms with Crippen molar-refractivity contribution in [2.45, 2.75) is 33.1 Å². The zero-order chi connectivity index (χ0) is 22.6. The second kappa shape index (κ2) is 9.22. The molecule has 0 aliphatic heterocycles. The number of urea groups is 1. The minimum absolute atomic E-state index is 0.0925. The van der Waals surface area contributed by atoms with Crippen molar-refractivity contribution in [1.29, 1.82) is 0 Å². The third kappa shape index (κ3) is 5.24. The van der Waals surface area contributed by atoms with Gasteiger partial charge in [-0.2, -0.15) is 0 Å². The summed E-state index contributed by atoms with van der Waals surface area (Å²) in [6.07, 6.45) is 4.86. The summed E-state index contributed by atoms with van der Waals surface area (Å²) in [6, 6.07) is 3.23. The SMILES string of the molecule is CCNC(=O)Nc1cc(-c2nc(C(C)(C)C)cs2)c(-c2cncc(C(=O)NC)c2)cn1. The summed E-state index contributed by atoms with van der Waals surface area (Å²) in [4.78, 5) is 37.5. The number of nitrogens with zero attached hydrogens (tertiary/aromatic N) is 3. The quantitative estimate of drug-likeness (QED) is 0.556. The Morgan fingerprint density at radius 1 is 1.10 bits per heavy atom. The molecular weight excluding hydrogens is 412 g/mol. The predicted molar refractivity (Wildman–Crippen MR) is 123 cm³/mol. The van der Waals surface area contributed by atoms with E-state index in [4.69, 9.17) is 4.98 Å². The van der Waals surface area contributed by atoms with Crippen LogP contribution in [0.15, 0.2) is 36.1 Å². The number of hydrogen-bond acceptors (Lipinski definition) is 6. The minimum Gasteiger partial charge on any atom is -0.355 e. The molecule has 3 aromatic heterocycles. The van der Waals surface area contributed by atoms with E-state index in [-0.39, 0.29) is 17.4 Å². The monoisotopic (exact) mass is 438 g/mol. The fourth-order valence-corrected chi connectivity index (χ4v) is 3.93. The Hall–Kier alpha value is -3.33. The van der Waals surface area contributed by atoms with Gasteiger partial charge in [0.05, 0.1) is 11.3 Å². The highest BCUT2D eigenvalue weighted by Gasteiger charge is 2.20. The molecule has 3 amide bonds. The second-order valence-electron chi connectivity index (χ2n) is 7.93. The zero-order valence-electron chi connectivity index (χ0n) is 18.2. The van der Waals surface area contributed by atoms with Crippen LogP contribution < -0.4 is 16.0 Å². The van der Waals surface area contributed by atoms with Crippen molar-refractivity contribution in [2.75, 3.05) is 18.9 Å². The number of hydrogen-bond donors (Lipinski definition) is 3. The van der Waals surface area contributed by atoms with E-state index < -0.39 is 0 Å². The maximum atomic E-state index is 12.1. The predicted octanol–water partition coefficient (Wildman–Crippen LogP) is 4.07. The molecule has 0 aliphatic carbocycles.